The molecule has 0 fully saturated rings. The van der Waals surface area contributed by atoms with Crippen molar-refractivity contribution < 1.29 is 9.84 Å². The van der Waals surface area contributed by atoms with Crippen LogP contribution in [0.3, 0.4) is 0 Å². The fourth-order valence-electron chi connectivity index (χ4n) is 3.07. The van der Waals surface area contributed by atoms with Gasteiger partial charge in [-0.2, -0.15) is 0 Å². The van der Waals surface area contributed by atoms with Gasteiger partial charge in [0.15, 0.2) is 5.90 Å². The minimum absolute atomic E-state index is 0.133. The van der Waals surface area contributed by atoms with E-state index < -0.39 is 0 Å². The van der Waals surface area contributed by atoms with E-state index in [4.69, 9.17) is 4.74 Å². The highest BCUT2D eigenvalue weighted by atomic mass is 16.5. The molecule has 0 aromatic carbocycles. The number of nitrogens with zero attached hydrogens (tertiary/aromatic N) is 1. The van der Waals surface area contributed by atoms with E-state index in [0.29, 0.717) is 0 Å². The van der Waals surface area contributed by atoms with Crippen LogP contribution in [0.4, 0.5) is 0 Å². The minimum atomic E-state index is -0.133. The summed E-state index contributed by atoms with van der Waals surface area (Å²) in [4.78, 5) is 4.32. The first kappa shape index (κ1) is 21.2. The van der Waals surface area contributed by atoms with Gasteiger partial charge in [-0.25, -0.2) is 0 Å². The first-order valence-electron chi connectivity index (χ1n) is 10.3. The SMILES string of the molecule is CCCCCC[C@@H](O)CC=CCCCCCCCCC1=NCCO1. The average molecular weight is 338 g/mol. The molecular weight excluding hydrogens is 298 g/mol. The highest BCUT2D eigenvalue weighted by Gasteiger charge is 2.05. The van der Waals surface area contributed by atoms with Crippen molar-refractivity contribution in [2.24, 2.45) is 4.99 Å². The van der Waals surface area contributed by atoms with Crippen molar-refractivity contribution in [1.29, 1.82) is 0 Å². The molecule has 1 N–H and O–H groups in total. The summed E-state index contributed by atoms with van der Waals surface area (Å²) in [5.74, 6) is 0.979. The van der Waals surface area contributed by atoms with Crippen LogP contribution in [-0.2, 0) is 4.74 Å². The van der Waals surface area contributed by atoms with Crippen LogP contribution in [0, 0.1) is 0 Å². The molecule has 1 aliphatic heterocycles. The zero-order chi connectivity index (χ0) is 17.3. The Balaban J connectivity index is 1.78. The molecule has 0 saturated heterocycles. The van der Waals surface area contributed by atoms with Gasteiger partial charge in [0, 0.05) is 6.42 Å². The Morgan fingerprint density at radius 3 is 2.50 bits per heavy atom. The van der Waals surface area contributed by atoms with E-state index in [0.717, 1.165) is 44.7 Å². The molecule has 0 unspecified atom stereocenters. The van der Waals surface area contributed by atoms with Crippen molar-refractivity contribution in [2.75, 3.05) is 13.2 Å². The fourth-order valence-corrected chi connectivity index (χ4v) is 3.07. The number of ether oxygens (including phenoxy) is 1. The van der Waals surface area contributed by atoms with Crippen molar-refractivity contribution in [3.63, 3.8) is 0 Å². The van der Waals surface area contributed by atoms with E-state index >= 15 is 0 Å². The van der Waals surface area contributed by atoms with Gasteiger partial charge in [0.1, 0.15) is 6.61 Å². The lowest BCUT2D eigenvalue weighted by atomic mass is 10.1. The number of unbranched alkanes of at least 4 members (excludes halogenated alkanes) is 9. The van der Waals surface area contributed by atoms with Gasteiger partial charge in [0.25, 0.3) is 0 Å². The zero-order valence-corrected chi connectivity index (χ0v) is 15.8. The van der Waals surface area contributed by atoms with E-state index in [-0.39, 0.29) is 6.10 Å². The number of rotatable bonds is 16. The third-order valence-corrected chi connectivity index (χ3v) is 4.63. The summed E-state index contributed by atoms with van der Waals surface area (Å²) in [6, 6.07) is 0. The smallest absolute Gasteiger partial charge is 0.183 e. The highest BCUT2D eigenvalue weighted by molar-refractivity contribution is 5.77. The molecule has 0 aromatic rings. The van der Waals surface area contributed by atoms with E-state index in [2.05, 4.69) is 24.1 Å². The lowest BCUT2D eigenvalue weighted by Crippen LogP contribution is -2.04. The maximum atomic E-state index is 9.88. The van der Waals surface area contributed by atoms with Gasteiger partial charge in [0.2, 0.25) is 0 Å². The molecule has 0 aromatic heterocycles. The summed E-state index contributed by atoms with van der Waals surface area (Å²) in [5.41, 5.74) is 0. The topological polar surface area (TPSA) is 41.8 Å². The molecule has 0 radical (unpaired) electrons. The average Bonchev–Trinajstić information content (AvgIpc) is 3.10. The Kier molecular flexibility index (Phi) is 13.9. The van der Waals surface area contributed by atoms with Gasteiger partial charge in [-0.15, -0.1) is 0 Å². The van der Waals surface area contributed by atoms with E-state index in [1.54, 1.807) is 0 Å². The number of hydrogen-bond donors (Lipinski definition) is 1. The molecular formula is C21H39NO2. The summed E-state index contributed by atoms with van der Waals surface area (Å²) < 4.78 is 5.41. The van der Waals surface area contributed by atoms with E-state index in [1.807, 2.05) is 0 Å². The Labute approximate surface area is 149 Å². The summed E-state index contributed by atoms with van der Waals surface area (Å²) in [6.07, 6.45) is 21.0. The molecule has 0 bridgehead atoms. The first-order chi connectivity index (χ1) is 11.8. The lowest BCUT2D eigenvalue weighted by Gasteiger charge is -2.07. The molecule has 0 aliphatic carbocycles. The first-order valence-corrected chi connectivity index (χ1v) is 10.3. The van der Waals surface area contributed by atoms with Crippen molar-refractivity contribution in [2.45, 2.75) is 103 Å². The van der Waals surface area contributed by atoms with Crippen LogP contribution in [0.5, 0.6) is 0 Å². The molecule has 3 nitrogen and oxygen atoms in total. The predicted molar refractivity (Wildman–Crippen MR) is 104 cm³/mol. The second-order valence-corrected chi connectivity index (χ2v) is 6.99. The largest absolute Gasteiger partial charge is 0.479 e. The maximum Gasteiger partial charge on any atom is 0.183 e. The Hall–Kier alpha value is -0.830. The lowest BCUT2D eigenvalue weighted by molar-refractivity contribution is 0.163. The van der Waals surface area contributed by atoms with Gasteiger partial charge in [-0.3, -0.25) is 4.99 Å². The van der Waals surface area contributed by atoms with Gasteiger partial charge < -0.3 is 9.84 Å². The molecule has 140 valence electrons. The molecule has 1 heterocycles. The monoisotopic (exact) mass is 337 g/mol. The van der Waals surface area contributed by atoms with Crippen LogP contribution in [0.2, 0.25) is 0 Å². The number of allylic oxidation sites excluding steroid dienone is 1. The number of aliphatic hydroxyl groups excluding tert-OH is 1. The standard InChI is InChI=1S/C21H39NO2/c1-2-3-4-12-15-20(23)16-13-10-8-6-5-7-9-11-14-17-21-22-18-19-24-21/h10,13,20,23H,2-9,11-12,14-19H2,1H3/t20-/m1/s1. The molecule has 3 heteroatoms. The molecule has 0 spiro atoms. The fraction of sp³-hybridized carbons (Fsp3) is 0.857. The molecule has 1 atom stereocenters. The quantitative estimate of drug-likeness (QED) is 0.285. The van der Waals surface area contributed by atoms with Crippen LogP contribution in [-0.4, -0.2) is 30.3 Å². The predicted octanol–water partition coefficient (Wildman–Crippen LogP) is 5.81. The summed E-state index contributed by atoms with van der Waals surface area (Å²) >= 11 is 0. The summed E-state index contributed by atoms with van der Waals surface area (Å²) in [6.45, 7) is 3.87. The minimum Gasteiger partial charge on any atom is -0.479 e. The second-order valence-electron chi connectivity index (χ2n) is 6.99. The molecule has 24 heavy (non-hydrogen) atoms. The molecule has 0 saturated carbocycles. The van der Waals surface area contributed by atoms with Gasteiger partial charge in [-0.05, 0) is 32.1 Å². The Bertz CT molecular complexity index is 339. The van der Waals surface area contributed by atoms with Crippen LogP contribution >= 0.6 is 0 Å². The third kappa shape index (κ3) is 12.6. The third-order valence-electron chi connectivity index (χ3n) is 4.63. The van der Waals surface area contributed by atoms with Gasteiger partial charge in [0.05, 0.1) is 12.6 Å². The van der Waals surface area contributed by atoms with Gasteiger partial charge >= 0.3 is 0 Å². The van der Waals surface area contributed by atoms with Crippen LogP contribution < -0.4 is 0 Å². The number of aliphatic hydroxyl groups is 1. The maximum absolute atomic E-state index is 9.88. The van der Waals surface area contributed by atoms with Crippen molar-refractivity contribution >= 4 is 5.90 Å². The molecule has 0 amide bonds. The molecule has 1 rings (SSSR count). The number of aliphatic imine (C=N–C) groups is 1. The van der Waals surface area contributed by atoms with Gasteiger partial charge in [-0.1, -0.05) is 70.4 Å². The van der Waals surface area contributed by atoms with Crippen LogP contribution in [0.1, 0.15) is 96.8 Å². The summed E-state index contributed by atoms with van der Waals surface area (Å²) in [7, 11) is 0. The highest BCUT2D eigenvalue weighted by Crippen LogP contribution is 2.12. The summed E-state index contributed by atoms with van der Waals surface area (Å²) in [5, 5.41) is 9.88. The van der Waals surface area contributed by atoms with Crippen LogP contribution in [0.15, 0.2) is 17.1 Å². The zero-order valence-electron chi connectivity index (χ0n) is 15.8. The van der Waals surface area contributed by atoms with Crippen molar-refractivity contribution in [3.8, 4) is 0 Å². The Morgan fingerprint density at radius 2 is 1.75 bits per heavy atom. The molecule has 1 aliphatic rings. The normalized spacial score (nSPS) is 15.7. The van der Waals surface area contributed by atoms with Crippen molar-refractivity contribution in [3.05, 3.63) is 12.2 Å². The van der Waals surface area contributed by atoms with Crippen LogP contribution in [0.25, 0.3) is 0 Å². The van der Waals surface area contributed by atoms with E-state index in [1.165, 1.54) is 64.2 Å². The second kappa shape index (κ2) is 15.7. The van der Waals surface area contributed by atoms with Crippen molar-refractivity contribution in [1.82, 2.24) is 0 Å². The van der Waals surface area contributed by atoms with E-state index in [9.17, 15) is 5.11 Å². The Morgan fingerprint density at radius 1 is 1.00 bits per heavy atom. The number of hydrogen-bond acceptors (Lipinski definition) is 3.